The summed E-state index contributed by atoms with van der Waals surface area (Å²) in [6.45, 7) is 4.01. The molecule has 0 amide bonds. The topological polar surface area (TPSA) is 56.8 Å². The third-order valence-electron chi connectivity index (χ3n) is 2.98. The van der Waals surface area contributed by atoms with Crippen molar-refractivity contribution in [3.05, 3.63) is 14.3 Å². The van der Waals surface area contributed by atoms with Crippen molar-refractivity contribution in [3.8, 4) is 10.7 Å². The lowest BCUT2D eigenvalue weighted by Crippen LogP contribution is -2.28. The van der Waals surface area contributed by atoms with Crippen molar-refractivity contribution in [3.63, 3.8) is 0 Å². The quantitative estimate of drug-likeness (QED) is 0.804. The molecule has 1 aliphatic rings. The summed E-state index contributed by atoms with van der Waals surface area (Å²) in [6.07, 6.45) is 1.12. The van der Waals surface area contributed by atoms with E-state index >= 15 is 0 Å². The van der Waals surface area contributed by atoms with E-state index < -0.39 is 0 Å². The Labute approximate surface area is 132 Å². The molecule has 0 aliphatic carbocycles. The average molecular weight is 407 g/mol. The number of nitrogens with one attached hydrogen (secondary N) is 2. The Kier molecular flexibility index (Phi) is 4.21. The van der Waals surface area contributed by atoms with Crippen LogP contribution in [0.25, 0.3) is 10.7 Å². The van der Waals surface area contributed by atoms with Crippen LogP contribution >= 0.6 is 43.2 Å². The number of halogens is 2. The minimum absolute atomic E-state index is 0.791. The molecule has 3 rings (SSSR count). The highest BCUT2D eigenvalue weighted by Crippen LogP contribution is 2.37. The first-order valence-corrected chi connectivity index (χ1v) is 8.47. The molecule has 102 valence electrons. The van der Waals surface area contributed by atoms with Gasteiger partial charge in [0.1, 0.15) is 0 Å². The van der Waals surface area contributed by atoms with E-state index in [4.69, 9.17) is 0 Å². The molecule has 3 heterocycles. The maximum absolute atomic E-state index is 4.60. The van der Waals surface area contributed by atoms with Crippen molar-refractivity contribution in [1.82, 2.24) is 20.5 Å². The van der Waals surface area contributed by atoms with Crippen LogP contribution in [0, 0.1) is 0 Å². The van der Waals surface area contributed by atoms with Crippen molar-refractivity contribution in [1.29, 1.82) is 0 Å². The minimum Gasteiger partial charge on any atom is -0.338 e. The summed E-state index contributed by atoms with van der Waals surface area (Å²) in [6, 6.07) is 2.04. The van der Waals surface area contributed by atoms with Crippen LogP contribution < -0.4 is 10.2 Å². The van der Waals surface area contributed by atoms with Crippen LogP contribution in [0.1, 0.15) is 6.42 Å². The van der Waals surface area contributed by atoms with Crippen LogP contribution in [0.5, 0.6) is 0 Å². The summed E-state index contributed by atoms with van der Waals surface area (Å²) in [5.41, 5.74) is 0. The van der Waals surface area contributed by atoms with Gasteiger partial charge < -0.3 is 10.2 Å². The van der Waals surface area contributed by atoms with Crippen molar-refractivity contribution in [2.45, 2.75) is 6.42 Å². The van der Waals surface area contributed by atoms with E-state index in [1.807, 2.05) is 6.07 Å². The van der Waals surface area contributed by atoms with Crippen molar-refractivity contribution < 1.29 is 0 Å². The highest BCUT2D eigenvalue weighted by atomic mass is 79.9. The smallest absolute Gasteiger partial charge is 0.245 e. The van der Waals surface area contributed by atoms with Gasteiger partial charge in [0.15, 0.2) is 5.82 Å². The molecule has 0 bridgehead atoms. The molecule has 19 heavy (non-hydrogen) atoms. The van der Waals surface area contributed by atoms with E-state index in [0.29, 0.717) is 0 Å². The molecule has 0 atom stereocenters. The zero-order chi connectivity index (χ0) is 13.2. The second kappa shape index (κ2) is 5.90. The molecule has 2 aromatic heterocycles. The number of hydrogen-bond acceptors (Lipinski definition) is 5. The summed E-state index contributed by atoms with van der Waals surface area (Å²) < 4.78 is 2.11. The van der Waals surface area contributed by atoms with Gasteiger partial charge in [0.25, 0.3) is 0 Å². The minimum atomic E-state index is 0.791. The zero-order valence-electron chi connectivity index (χ0n) is 10.1. The first kappa shape index (κ1) is 13.5. The van der Waals surface area contributed by atoms with Crippen LogP contribution in [-0.2, 0) is 0 Å². The predicted molar refractivity (Wildman–Crippen MR) is 84.8 cm³/mol. The number of nitrogens with zero attached hydrogens (tertiary/aromatic N) is 3. The summed E-state index contributed by atoms with van der Waals surface area (Å²) in [5.74, 6) is 1.61. The maximum Gasteiger partial charge on any atom is 0.245 e. The number of anilines is 1. The highest BCUT2D eigenvalue weighted by molar-refractivity contribution is 9.13. The fourth-order valence-electron chi connectivity index (χ4n) is 2.01. The van der Waals surface area contributed by atoms with Gasteiger partial charge in [-0.15, -0.1) is 16.4 Å². The Bertz CT molecular complexity index is 540. The van der Waals surface area contributed by atoms with Gasteiger partial charge in [-0.3, -0.25) is 5.10 Å². The molecule has 0 unspecified atom stereocenters. The second-order valence-corrected chi connectivity index (χ2v) is 7.53. The molecule has 2 aromatic rings. The third kappa shape index (κ3) is 3.01. The van der Waals surface area contributed by atoms with Crippen LogP contribution in [0.4, 0.5) is 5.95 Å². The SMILES string of the molecule is Brc1cc(-c2nc(N3CCCNCC3)n[nH]2)sc1Br. The van der Waals surface area contributed by atoms with E-state index in [0.717, 1.165) is 57.5 Å². The molecule has 0 radical (unpaired) electrons. The Morgan fingerprint density at radius 2 is 2.16 bits per heavy atom. The first-order chi connectivity index (χ1) is 9.24. The number of H-pyrrole nitrogens is 1. The fraction of sp³-hybridized carbons (Fsp3) is 0.455. The molecule has 1 fully saturated rings. The van der Waals surface area contributed by atoms with E-state index in [9.17, 15) is 0 Å². The number of aromatic nitrogens is 3. The molecule has 2 N–H and O–H groups in total. The molecule has 0 saturated carbocycles. The van der Waals surface area contributed by atoms with Gasteiger partial charge in [-0.25, -0.2) is 0 Å². The van der Waals surface area contributed by atoms with Crippen molar-refractivity contribution >= 4 is 49.1 Å². The normalized spacial score (nSPS) is 16.6. The van der Waals surface area contributed by atoms with Crippen LogP contribution in [0.15, 0.2) is 14.3 Å². The third-order valence-corrected chi connectivity index (χ3v) is 6.24. The molecule has 1 aliphatic heterocycles. The first-order valence-electron chi connectivity index (χ1n) is 6.07. The average Bonchev–Trinajstić information content (AvgIpc) is 2.90. The molecular weight excluding hydrogens is 394 g/mol. The van der Waals surface area contributed by atoms with E-state index in [2.05, 4.69) is 57.3 Å². The Balaban J connectivity index is 1.82. The zero-order valence-corrected chi connectivity index (χ0v) is 14.1. The van der Waals surface area contributed by atoms with Gasteiger partial charge in [-0.05, 0) is 50.9 Å². The molecular formula is C11H13Br2N5S. The lowest BCUT2D eigenvalue weighted by atomic mass is 10.4. The van der Waals surface area contributed by atoms with Gasteiger partial charge in [0, 0.05) is 24.1 Å². The van der Waals surface area contributed by atoms with Gasteiger partial charge in [0.05, 0.1) is 8.66 Å². The lowest BCUT2D eigenvalue weighted by molar-refractivity contribution is 0.724. The lowest BCUT2D eigenvalue weighted by Gasteiger charge is -2.16. The van der Waals surface area contributed by atoms with Crippen LogP contribution in [-0.4, -0.2) is 41.4 Å². The molecule has 0 spiro atoms. The number of hydrogen-bond donors (Lipinski definition) is 2. The Morgan fingerprint density at radius 1 is 1.26 bits per heavy atom. The van der Waals surface area contributed by atoms with Crippen LogP contribution in [0.3, 0.4) is 0 Å². The van der Waals surface area contributed by atoms with Gasteiger partial charge >= 0.3 is 0 Å². The number of thiophene rings is 1. The van der Waals surface area contributed by atoms with Crippen molar-refractivity contribution in [2.24, 2.45) is 0 Å². The molecule has 8 heteroatoms. The molecule has 0 aromatic carbocycles. The van der Waals surface area contributed by atoms with Gasteiger partial charge in [-0.2, -0.15) is 4.98 Å². The van der Waals surface area contributed by atoms with Gasteiger partial charge in [0.2, 0.25) is 5.95 Å². The maximum atomic E-state index is 4.60. The second-order valence-electron chi connectivity index (χ2n) is 4.31. The number of aromatic amines is 1. The van der Waals surface area contributed by atoms with E-state index in [1.165, 1.54) is 0 Å². The standard InChI is InChI=1S/C11H13Br2N5S/c12-7-6-8(19-9(7)13)10-15-11(17-16-10)18-4-1-2-14-3-5-18/h6,14H,1-5H2,(H,15,16,17). The monoisotopic (exact) mass is 405 g/mol. The Hall–Kier alpha value is -0.440. The largest absolute Gasteiger partial charge is 0.338 e. The fourth-order valence-corrected chi connectivity index (χ4v) is 3.99. The van der Waals surface area contributed by atoms with Gasteiger partial charge in [-0.1, -0.05) is 0 Å². The molecule has 1 saturated heterocycles. The summed E-state index contributed by atoms with van der Waals surface area (Å²) in [4.78, 5) is 7.89. The highest BCUT2D eigenvalue weighted by Gasteiger charge is 2.16. The molecule has 5 nitrogen and oxygen atoms in total. The van der Waals surface area contributed by atoms with E-state index in [-0.39, 0.29) is 0 Å². The summed E-state index contributed by atoms with van der Waals surface area (Å²) in [5, 5.41) is 10.7. The van der Waals surface area contributed by atoms with Crippen LogP contribution in [0.2, 0.25) is 0 Å². The van der Waals surface area contributed by atoms with E-state index in [1.54, 1.807) is 11.3 Å². The Morgan fingerprint density at radius 3 is 2.95 bits per heavy atom. The summed E-state index contributed by atoms with van der Waals surface area (Å²) >= 11 is 8.62. The van der Waals surface area contributed by atoms with Crippen molar-refractivity contribution in [2.75, 3.05) is 31.1 Å². The summed E-state index contributed by atoms with van der Waals surface area (Å²) in [7, 11) is 0. The number of rotatable bonds is 2. The predicted octanol–water partition coefficient (Wildman–Crippen LogP) is 2.86.